The molecule has 1 atom stereocenters. The standard InChI is InChI=1S/C23H29ClN2O4S/c1-4-16-8-6-9-17(5-2)22(16)25-23(27)18-10-7-13-26(15-18)31(28,29)19-11-12-21(30-3)20(24)14-19/h6,8-9,11-12,14,18H,4-5,7,10,13,15H2,1-3H3,(H,25,27)/t18-/m0/s1. The number of sulfonamides is 1. The third-order valence-electron chi connectivity index (χ3n) is 5.76. The Kier molecular flexibility index (Phi) is 7.62. The fraction of sp³-hybridized carbons (Fsp3) is 0.435. The number of carbonyl (C=O) groups excluding carboxylic acids is 1. The molecule has 2 aromatic carbocycles. The molecule has 1 aliphatic heterocycles. The maximum atomic E-state index is 13.2. The van der Waals surface area contributed by atoms with E-state index in [0.717, 1.165) is 29.7 Å². The van der Waals surface area contributed by atoms with Gasteiger partial charge in [-0.15, -0.1) is 0 Å². The maximum Gasteiger partial charge on any atom is 0.243 e. The molecule has 8 heteroatoms. The Labute approximate surface area is 189 Å². The number of carbonyl (C=O) groups is 1. The third-order valence-corrected chi connectivity index (χ3v) is 7.92. The van der Waals surface area contributed by atoms with Crippen molar-refractivity contribution in [1.29, 1.82) is 0 Å². The molecular weight excluding hydrogens is 436 g/mol. The van der Waals surface area contributed by atoms with Crippen LogP contribution < -0.4 is 10.1 Å². The number of anilines is 1. The van der Waals surface area contributed by atoms with Gasteiger partial charge in [-0.2, -0.15) is 4.31 Å². The minimum absolute atomic E-state index is 0.101. The van der Waals surface area contributed by atoms with E-state index in [1.807, 2.05) is 18.2 Å². The topological polar surface area (TPSA) is 75.7 Å². The van der Waals surface area contributed by atoms with E-state index in [-0.39, 0.29) is 22.4 Å². The summed E-state index contributed by atoms with van der Waals surface area (Å²) >= 11 is 6.13. The van der Waals surface area contributed by atoms with Crippen LogP contribution in [-0.2, 0) is 27.7 Å². The molecular formula is C23H29ClN2O4S. The van der Waals surface area contributed by atoms with Gasteiger partial charge in [-0.3, -0.25) is 4.79 Å². The third kappa shape index (κ3) is 5.05. The van der Waals surface area contributed by atoms with Crippen LogP contribution in [0.2, 0.25) is 5.02 Å². The van der Waals surface area contributed by atoms with Crippen LogP contribution in [0.4, 0.5) is 5.69 Å². The van der Waals surface area contributed by atoms with Crippen LogP contribution in [0.1, 0.15) is 37.8 Å². The smallest absolute Gasteiger partial charge is 0.243 e. The van der Waals surface area contributed by atoms with Crippen LogP contribution in [-0.4, -0.2) is 38.8 Å². The Hall–Kier alpha value is -2.09. The number of nitrogens with zero attached hydrogens (tertiary/aromatic N) is 1. The molecule has 3 rings (SSSR count). The second-order valence-corrected chi connectivity index (χ2v) is 9.99. The lowest BCUT2D eigenvalue weighted by atomic mass is 9.97. The Morgan fingerprint density at radius 2 is 1.87 bits per heavy atom. The number of hydrogen-bond acceptors (Lipinski definition) is 4. The van der Waals surface area contributed by atoms with Crippen molar-refractivity contribution in [3.8, 4) is 5.75 Å². The number of methoxy groups -OCH3 is 1. The quantitative estimate of drug-likeness (QED) is 0.654. The Balaban J connectivity index is 1.79. The van der Waals surface area contributed by atoms with Gasteiger partial charge in [-0.05, 0) is 55.0 Å². The highest BCUT2D eigenvalue weighted by Gasteiger charge is 2.34. The predicted octanol–water partition coefficient (Wildman–Crippen LogP) is 4.51. The number of benzene rings is 2. The van der Waals surface area contributed by atoms with E-state index < -0.39 is 15.9 Å². The second-order valence-electron chi connectivity index (χ2n) is 7.65. The van der Waals surface area contributed by atoms with Crippen molar-refractivity contribution < 1.29 is 17.9 Å². The number of para-hydroxylation sites is 1. The first kappa shape index (κ1) is 23.6. The summed E-state index contributed by atoms with van der Waals surface area (Å²) < 4.78 is 32.8. The normalized spacial score (nSPS) is 17.4. The van der Waals surface area contributed by atoms with Gasteiger partial charge in [-0.1, -0.05) is 43.6 Å². The fourth-order valence-corrected chi connectivity index (χ4v) is 5.83. The summed E-state index contributed by atoms with van der Waals surface area (Å²) in [6, 6.07) is 10.4. The van der Waals surface area contributed by atoms with Gasteiger partial charge in [0.25, 0.3) is 0 Å². The van der Waals surface area contributed by atoms with Crippen molar-refractivity contribution in [2.24, 2.45) is 5.92 Å². The van der Waals surface area contributed by atoms with E-state index in [2.05, 4.69) is 19.2 Å². The lowest BCUT2D eigenvalue weighted by molar-refractivity contribution is -0.120. The van der Waals surface area contributed by atoms with Crippen molar-refractivity contribution in [2.45, 2.75) is 44.4 Å². The predicted molar refractivity (Wildman–Crippen MR) is 123 cm³/mol. The van der Waals surface area contributed by atoms with Crippen molar-refractivity contribution in [3.63, 3.8) is 0 Å². The zero-order valence-electron chi connectivity index (χ0n) is 18.2. The van der Waals surface area contributed by atoms with Gasteiger partial charge in [0, 0.05) is 18.8 Å². The molecule has 1 heterocycles. The van der Waals surface area contributed by atoms with Crippen molar-refractivity contribution in [3.05, 3.63) is 52.5 Å². The summed E-state index contributed by atoms with van der Waals surface area (Å²) in [7, 11) is -2.29. The molecule has 0 aliphatic carbocycles. The molecule has 31 heavy (non-hydrogen) atoms. The molecule has 0 radical (unpaired) electrons. The van der Waals surface area contributed by atoms with E-state index >= 15 is 0 Å². The maximum absolute atomic E-state index is 13.2. The van der Waals surface area contributed by atoms with E-state index in [1.54, 1.807) is 0 Å². The molecule has 2 aromatic rings. The molecule has 0 unspecified atom stereocenters. The first-order chi connectivity index (χ1) is 14.8. The fourth-order valence-electron chi connectivity index (χ4n) is 3.96. The molecule has 6 nitrogen and oxygen atoms in total. The Morgan fingerprint density at radius 3 is 2.45 bits per heavy atom. The molecule has 1 fully saturated rings. The molecule has 1 saturated heterocycles. The number of halogens is 1. The summed E-state index contributed by atoms with van der Waals surface area (Å²) in [4.78, 5) is 13.2. The molecule has 1 N–H and O–H groups in total. The number of amides is 1. The zero-order chi connectivity index (χ0) is 22.6. The van der Waals surface area contributed by atoms with Gasteiger partial charge < -0.3 is 10.1 Å². The molecule has 168 valence electrons. The summed E-state index contributed by atoms with van der Waals surface area (Å²) in [6.45, 7) is 4.63. The van der Waals surface area contributed by atoms with Crippen molar-refractivity contribution in [1.82, 2.24) is 4.31 Å². The number of aryl methyl sites for hydroxylation is 2. The highest BCUT2D eigenvalue weighted by atomic mass is 35.5. The van der Waals surface area contributed by atoms with Gasteiger partial charge in [-0.25, -0.2) is 8.42 Å². The van der Waals surface area contributed by atoms with Gasteiger partial charge in [0.1, 0.15) is 5.75 Å². The van der Waals surface area contributed by atoms with E-state index in [0.29, 0.717) is 25.1 Å². The van der Waals surface area contributed by atoms with E-state index in [4.69, 9.17) is 16.3 Å². The lowest BCUT2D eigenvalue weighted by Crippen LogP contribution is -2.43. The van der Waals surface area contributed by atoms with Crippen LogP contribution in [0, 0.1) is 5.92 Å². The van der Waals surface area contributed by atoms with Crippen LogP contribution in [0.25, 0.3) is 0 Å². The molecule has 1 amide bonds. The summed E-state index contributed by atoms with van der Waals surface area (Å²) in [6.07, 6.45) is 2.90. The van der Waals surface area contributed by atoms with Gasteiger partial charge in [0.05, 0.1) is 22.9 Å². The lowest BCUT2D eigenvalue weighted by Gasteiger charge is -2.31. The average Bonchev–Trinajstić information content (AvgIpc) is 2.79. The number of nitrogens with one attached hydrogen (secondary N) is 1. The molecule has 0 aromatic heterocycles. The van der Waals surface area contributed by atoms with Crippen molar-refractivity contribution >= 4 is 33.2 Å². The van der Waals surface area contributed by atoms with Crippen LogP contribution in [0.15, 0.2) is 41.3 Å². The first-order valence-corrected chi connectivity index (χ1v) is 12.4. The minimum Gasteiger partial charge on any atom is -0.495 e. The Bertz CT molecular complexity index is 1030. The summed E-state index contributed by atoms with van der Waals surface area (Å²) in [5.41, 5.74) is 3.03. The number of piperidine rings is 1. The second kappa shape index (κ2) is 10.0. The van der Waals surface area contributed by atoms with Crippen LogP contribution in [0.5, 0.6) is 5.75 Å². The number of ether oxygens (including phenoxy) is 1. The van der Waals surface area contributed by atoms with Crippen LogP contribution in [0.3, 0.4) is 0 Å². The number of hydrogen-bond donors (Lipinski definition) is 1. The highest BCUT2D eigenvalue weighted by Crippen LogP contribution is 2.31. The number of rotatable bonds is 7. The van der Waals surface area contributed by atoms with Crippen LogP contribution >= 0.6 is 11.6 Å². The largest absolute Gasteiger partial charge is 0.495 e. The van der Waals surface area contributed by atoms with E-state index in [1.165, 1.54) is 29.6 Å². The molecule has 0 bridgehead atoms. The molecule has 0 saturated carbocycles. The van der Waals surface area contributed by atoms with Crippen molar-refractivity contribution in [2.75, 3.05) is 25.5 Å². The minimum atomic E-state index is -3.76. The highest BCUT2D eigenvalue weighted by molar-refractivity contribution is 7.89. The van der Waals surface area contributed by atoms with Gasteiger partial charge >= 0.3 is 0 Å². The van der Waals surface area contributed by atoms with Gasteiger partial charge in [0.15, 0.2) is 0 Å². The SMILES string of the molecule is CCc1cccc(CC)c1NC(=O)[C@H]1CCCN(S(=O)(=O)c2ccc(OC)c(Cl)c2)C1. The van der Waals surface area contributed by atoms with E-state index in [9.17, 15) is 13.2 Å². The summed E-state index contributed by atoms with van der Waals surface area (Å²) in [5.74, 6) is -0.132. The van der Waals surface area contributed by atoms with Gasteiger partial charge in [0.2, 0.25) is 15.9 Å². The monoisotopic (exact) mass is 464 g/mol. The first-order valence-electron chi connectivity index (χ1n) is 10.6. The zero-order valence-corrected chi connectivity index (χ0v) is 19.7. The molecule has 0 spiro atoms. The summed E-state index contributed by atoms with van der Waals surface area (Å²) in [5, 5.41) is 3.32. The Morgan fingerprint density at radius 1 is 1.19 bits per heavy atom. The average molecular weight is 465 g/mol. The molecule has 1 aliphatic rings.